The zero-order chi connectivity index (χ0) is 27.6. The van der Waals surface area contributed by atoms with Crippen LogP contribution in [0, 0.1) is 11.8 Å². The van der Waals surface area contributed by atoms with Crippen LogP contribution in [0.25, 0.3) is 0 Å². The largest absolute Gasteiger partial charge is 0.390 e. The van der Waals surface area contributed by atoms with Gasteiger partial charge in [0, 0.05) is 19.0 Å². The molecule has 8 nitrogen and oxygen atoms in total. The van der Waals surface area contributed by atoms with E-state index in [0.717, 1.165) is 17.4 Å². The summed E-state index contributed by atoms with van der Waals surface area (Å²) in [6.45, 7) is 5.36. The summed E-state index contributed by atoms with van der Waals surface area (Å²) in [5.74, 6) is -1.68. The third-order valence-electron chi connectivity index (χ3n) is 6.02. The lowest BCUT2D eigenvalue weighted by Crippen LogP contribution is -2.52. The molecule has 10 heteroatoms. The number of carbonyl (C=O) groups excluding carboxylic acids is 1. The summed E-state index contributed by atoms with van der Waals surface area (Å²) in [6, 6.07) is 17.7. The summed E-state index contributed by atoms with van der Waals surface area (Å²) in [6.07, 6.45) is 0.527. The predicted octanol–water partition coefficient (Wildman–Crippen LogP) is 2.29. The molecule has 2 aromatic carbocycles. The number of aryl methyl sites for hydroxylation is 1. The first-order valence-corrected chi connectivity index (χ1v) is 16.2. The van der Waals surface area contributed by atoms with E-state index in [1.807, 2.05) is 74.5 Å². The van der Waals surface area contributed by atoms with Crippen molar-refractivity contribution in [1.29, 1.82) is 0 Å². The lowest BCUT2D eigenvalue weighted by molar-refractivity contribution is -0.125. The zero-order valence-corrected chi connectivity index (χ0v) is 23.7. The van der Waals surface area contributed by atoms with Gasteiger partial charge in [0.2, 0.25) is 15.9 Å². The summed E-state index contributed by atoms with van der Waals surface area (Å²) in [7, 11) is -7.08. The van der Waals surface area contributed by atoms with Crippen molar-refractivity contribution in [2.45, 2.75) is 45.8 Å². The monoisotopic (exact) mass is 552 g/mol. The Morgan fingerprint density at radius 2 is 1.43 bits per heavy atom. The van der Waals surface area contributed by atoms with Gasteiger partial charge in [-0.05, 0) is 29.9 Å². The highest BCUT2D eigenvalue weighted by Crippen LogP contribution is 2.13. The molecule has 3 atom stereocenters. The fraction of sp³-hybridized carbons (Fsp3) is 0.519. The minimum atomic E-state index is -3.58. The van der Waals surface area contributed by atoms with Crippen LogP contribution in [0.1, 0.15) is 31.9 Å². The van der Waals surface area contributed by atoms with Gasteiger partial charge in [-0.25, -0.2) is 16.8 Å². The number of rotatable bonds is 15. The Labute approximate surface area is 222 Å². The smallest absolute Gasteiger partial charge is 0.224 e. The Balaban J connectivity index is 2.11. The first-order valence-electron chi connectivity index (χ1n) is 12.5. The van der Waals surface area contributed by atoms with Crippen molar-refractivity contribution >= 4 is 25.8 Å². The van der Waals surface area contributed by atoms with Gasteiger partial charge in [0.05, 0.1) is 29.9 Å². The molecule has 2 rings (SSSR count). The molecule has 1 amide bonds. The molecule has 0 fully saturated rings. The Kier molecular flexibility index (Phi) is 11.7. The van der Waals surface area contributed by atoms with Crippen molar-refractivity contribution in [2.75, 3.05) is 30.9 Å². The number of amides is 1. The number of nitrogens with zero attached hydrogens (tertiary/aromatic N) is 1. The molecule has 2 aromatic rings. The van der Waals surface area contributed by atoms with Crippen LogP contribution < -0.4 is 5.32 Å². The van der Waals surface area contributed by atoms with Gasteiger partial charge in [0.15, 0.2) is 9.84 Å². The lowest BCUT2D eigenvalue weighted by atomic mass is 10.00. The zero-order valence-electron chi connectivity index (χ0n) is 22.1. The van der Waals surface area contributed by atoms with Crippen LogP contribution in [0.2, 0.25) is 0 Å². The number of aliphatic hydroxyl groups excluding tert-OH is 1. The second kappa shape index (κ2) is 14.0. The van der Waals surface area contributed by atoms with Crippen LogP contribution >= 0.6 is 0 Å². The molecule has 0 spiro atoms. The van der Waals surface area contributed by atoms with Crippen LogP contribution in [0.4, 0.5) is 0 Å². The molecule has 0 unspecified atom stereocenters. The summed E-state index contributed by atoms with van der Waals surface area (Å²) < 4.78 is 51.2. The highest BCUT2D eigenvalue weighted by molar-refractivity contribution is 7.91. The number of hydrogen-bond donors (Lipinski definition) is 2. The van der Waals surface area contributed by atoms with E-state index >= 15 is 0 Å². The molecule has 0 saturated heterocycles. The fourth-order valence-corrected chi connectivity index (χ4v) is 6.64. The van der Waals surface area contributed by atoms with Gasteiger partial charge in [-0.2, -0.15) is 4.31 Å². The lowest BCUT2D eigenvalue weighted by Gasteiger charge is -2.30. The number of nitrogens with one attached hydrogen (secondary N) is 1. The highest BCUT2D eigenvalue weighted by atomic mass is 32.2. The van der Waals surface area contributed by atoms with Gasteiger partial charge < -0.3 is 10.4 Å². The van der Waals surface area contributed by atoms with Crippen molar-refractivity contribution in [1.82, 2.24) is 9.62 Å². The van der Waals surface area contributed by atoms with Crippen molar-refractivity contribution in [2.24, 2.45) is 11.8 Å². The fourth-order valence-electron chi connectivity index (χ4n) is 4.02. The van der Waals surface area contributed by atoms with E-state index in [1.54, 1.807) is 6.92 Å². The van der Waals surface area contributed by atoms with Crippen molar-refractivity contribution in [3.05, 3.63) is 71.8 Å². The normalized spacial score (nSPS) is 14.9. The van der Waals surface area contributed by atoms with E-state index in [2.05, 4.69) is 5.32 Å². The summed E-state index contributed by atoms with van der Waals surface area (Å²) in [5.41, 5.74) is 1.76. The Morgan fingerprint density at radius 1 is 0.892 bits per heavy atom. The molecule has 0 bridgehead atoms. The number of hydrogen-bond acceptors (Lipinski definition) is 6. The van der Waals surface area contributed by atoms with Crippen molar-refractivity contribution in [3.63, 3.8) is 0 Å². The first kappa shape index (κ1) is 31.0. The topological polar surface area (TPSA) is 121 Å². The molecule has 0 aliphatic carbocycles. The number of benzene rings is 2. The maximum Gasteiger partial charge on any atom is 0.224 e. The van der Waals surface area contributed by atoms with E-state index in [1.165, 1.54) is 4.31 Å². The first-order chi connectivity index (χ1) is 17.3. The van der Waals surface area contributed by atoms with E-state index in [-0.39, 0.29) is 36.9 Å². The van der Waals surface area contributed by atoms with Crippen molar-refractivity contribution in [3.8, 4) is 0 Å². The van der Waals surface area contributed by atoms with Crippen LogP contribution in [0.5, 0.6) is 0 Å². The molecule has 37 heavy (non-hydrogen) atoms. The second-order valence-corrected chi connectivity index (χ2v) is 14.3. The molecule has 0 aromatic heterocycles. The average molecular weight is 553 g/mol. The Hall–Kier alpha value is -2.27. The number of sulfone groups is 1. The van der Waals surface area contributed by atoms with Crippen LogP contribution in [0.15, 0.2) is 60.7 Å². The number of aliphatic hydroxyl groups is 1. The van der Waals surface area contributed by atoms with Gasteiger partial charge in [-0.15, -0.1) is 0 Å². The van der Waals surface area contributed by atoms with Crippen LogP contribution in [-0.4, -0.2) is 75.2 Å². The second-order valence-electron chi connectivity index (χ2n) is 10.1. The Morgan fingerprint density at radius 3 is 1.95 bits per heavy atom. The summed E-state index contributed by atoms with van der Waals surface area (Å²) in [5, 5.41) is 13.8. The minimum Gasteiger partial charge on any atom is -0.390 e. The van der Waals surface area contributed by atoms with Crippen LogP contribution in [0.3, 0.4) is 0 Å². The van der Waals surface area contributed by atoms with Gasteiger partial charge >= 0.3 is 0 Å². The summed E-state index contributed by atoms with van der Waals surface area (Å²) in [4.78, 5) is 13.0. The standard InChI is InChI=1S/C27H40N2O6S2/c1-21(2)18-29(36(4,32)33)19-26(30)25(17-24-13-9-6-10-14-24)28-27(31)22(3)20-37(34,35)16-15-23-11-7-5-8-12-23/h5-14,21-22,25-26,30H,15-20H2,1-4H3,(H,28,31)/t22-,25+,26-/m1/s1. The van der Waals surface area contributed by atoms with Crippen molar-refractivity contribution < 1.29 is 26.7 Å². The number of carbonyl (C=O) groups is 1. The molecule has 206 valence electrons. The maximum atomic E-state index is 13.0. The van der Waals surface area contributed by atoms with E-state index in [9.17, 15) is 26.7 Å². The minimum absolute atomic E-state index is 0.0465. The Bertz CT molecular complexity index is 1190. The highest BCUT2D eigenvalue weighted by Gasteiger charge is 2.30. The summed E-state index contributed by atoms with van der Waals surface area (Å²) >= 11 is 0. The molecule has 0 saturated carbocycles. The van der Waals surface area contributed by atoms with Gasteiger partial charge in [-0.1, -0.05) is 81.4 Å². The quantitative estimate of drug-likeness (QED) is 0.350. The van der Waals surface area contributed by atoms with E-state index < -0.39 is 43.8 Å². The number of sulfonamides is 1. The third kappa shape index (κ3) is 11.3. The molecular weight excluding hydrogens is 512 g/mol. The molecule has 0 heterocycles. The maximum absolute atomic E-state index is 13.0. The molecular formula is C27H40N2O6S2. The average Bonchev–Trinajstić information content (AvgIpc) is 2.82. The van der Waals surface area contributed by atoms with E-state index in [0.29, 0.717) is 6.42 Å². The molecule has 2 N–H and O–H groups in total. The molecule has 0 aliphatic heterocycles. The van der Waals surface area contributed by atoms with Gasteiger partial charge in [0.1, 0.15) is 0 Å². The van der Waals surface area contributed by atoms with Gasteiger partial charge in [0.25, 0.3) is 0 Å². The van der Waals surface area contributed by atoms with Crippen LogP contribution in [-0.2, 0) is 37.5 Å². The third-order valence-corrected chi connectivity index (χ3v) is 9.09. The molecule has 0 radical (unpaired) electrons. The van der Waals surface area contributed by atoms with Gasteiger partial charge in [-0.3, -0.25) is 4.79 Å². The molecule has 0 aliphatic rings. The predicted molar refractivity (Wildman–Crippen MR) is 147 cm³/mol. The van der Waals surface area contributed by atoms with E-state index in [4.69, 9.17) is 0 Å². The SMILES string of the molecule is CC(C)CN(C[C@@H](O)[C@H](Cc1ccccc1)NC(=O)[C@H](C)CS(=O)(=O)CCc1ccccc1)S(C)(=O)=O.